The Balaban J connectivity index is 2.30. The molecule has 0 atom stereocenters. The molecule has 1 aromatic carbocycles. The van der Waals surface area contributed by atoms with Crippen molar-refractivity contribution in [2.24, 2.45) is 0 Å². The van der Waals surface area contributed by atoms with E-state index in [1.165, 1.54) is 0 Å². The fraction of sp³-hybridized carbons (Fsp3) is 0.385. The van der Waals surface area contributed by atoms with Crippen LogP contribution in [0.1, 0.15) is 23.2 Å². The number of ether oxygens (including phenoxy) is 1. The number of carbonyl (C=O) groups excluding carboxylic acids is 1. The molecule has 0 radical (unpaired) electrons. The highest BCUT2D eigenvalue weighted by molar-refractivity contribution is 14.1. The zero-order chi connectivity index (χ0) is 15.6. The van der Waals surface area contributed by atoms with E-state index in [9.17, 15) is 14.7 Å². The van der Waals surface area contributed by atoms with Gasteiger partial charge in [-0.1, -0.05) is 0 Å². The van der Waals surface area contributed by atoms with Gasteiger partial charge in [0.05, 0.1) is 5.56 Å². The van der Waals surface area contributed by atoms with Crippen LogP contribution in [0.5, 0.6) is 0 Å². The number of halogens is 3. The third-order valence-corrected chi connectivity index (χ3v) is 7.01. The summed E-state index contributed by atoms with van der Waals surface area (Å²) >= 11 is 6.42. The Kier molecular flexibility index (Phi) is 6.10. The number of aliphatic carboxylic acids is 1. The van der Waals surface area contributed by atoms with Crippen molar-refractivity contribution < 1.29 is 19.4 Å². The van der Waals surface area contributed by atoms with Gasteiger partial charge >= 0.3 is 5.97 Å². The van der Waals surface area contributed by atoms with Crippen LogP contribution >= 0.6 is 67.8 Å². The van der Waals surface area contributed by atoms with Gasteiger partial charge in [-0.05, 0) is 79.9 Å². The molecule has 0 spiro atoms. The molecule has 1 aliphatic heterocycles. The summed E-state index contributed by atoms with van der Waals surface area (Å²) in [5, 5.41) is 12.2. The largest absolute Gasteiger partial charge is 0.480 e. The van der Waals surface area contributed by atoms with Gasteiger partial charge in [0.1, 0.15) is 5.54 Å². The van der Waals surface area contributed by atoms with E-state index in [0.29, 0.717) is 18.8 Å². The molecule has 0 bridgehead atoms. The van der Waals surface area contributed by atoms with Crippen LogP contribution in [0.15, 0.2) is 12.1 Å². The van der Waals surface area contributed by atoms with Gasteiger partial charge in [-0.25, -0.2) is 4.79 Å². The minimum absolute atomic E-state index is 0.283. The molecule has 0 aliphatic carbocycles. The highest BCUT2D eigenvalue weighted by Crippen LogP contribution is 2.26. The number of hydrogen-bond acceptors (Lipinski definition) is 3. The van der Waals surface area contributed by atoms with Crippen LogP contribution in [-0.4, -0.2) is 35.7 Å². The minimum atomic E-state index is -1.23. The maximum atomic E-state index is 12.5. The number of carboxylic acids is 1. The second-order valence-corrected chi connectivity index (χ2v) is 8.19. The molecule has 0 saturated carbocycles. The van der Waals surface area contributed by atoms with Gasteiger partial charge in [-0.15, -0.1) is 0 Å². The lowest BCUT2D eigenvalue weighted by Gasteiger charge is -2.34. The number of rotatable bonds is 3. The predicted octanol–water partition coefficient (Wildman–Crippen LogP) is 2.86. The molecule has 1 aromatic rings. The molecular weight excluding hydrogens is 615 g/mol. The number of benzene rings is 1. The summed E-state index contributed by atoms with van der Waals surface area (Å²) in [6, 6.07) is 3.75. The first-order valence-electron chi connectivity index (χ1n) is 6.14. The van der Waals surface area contributed by atoms with Crippen molar-refractivity contribution in [3.8, 4) is 0 Å². The van der Waals surface area contributed by atoms with Gasteiger partial charge in [-0.3, -0.25) is 4.79 Å². The molecular formula is C13H12I3NO4. The summed E-state index contributed by atoms with van der Waals surface area (Å²) < 4.78 is 7.95. The van der Waals surface area contributed by atoms with Gasteiger partial charge in [0, 0.05) is 36.8 Å². The second kappa shape index (κ2) is 7.25. The highest BCUT2D eigenvalue weighted by Gasteiger charge is 2.42. The van der Waals surface area contributed by atoms with Crippen LogP contribution in [0.25, 0.3) is 0 Å². The predicted molar refractivity (Wildman–Crippen MR) is 102 cm³/mol. The molecule has 5 nitrogen and oxygen atoms in total. The summed E-state index contributed by atoms with van der Waals surface area (Å²) in [5.41, 5.74) is -0.718. The molecule has 1 saturated heterocycles. The highest BCUT2D eigenvalue weighted by atomic mass is 127. The Morgan fingerprint density at radius 1 is 1.19 bits per heavy atom. The zero-order valence-corrected chi connectivity index (χ0v) is 17.3. The first-order valence-corrected chi connectivity index (χ1v) is 9.37. The summed E-state index contributed by atoms with van der Waals surface area (Å²) in [5.74, 6) is -1.35. The van der Waals surface area contributed by atoms with Crippen LogP contribution in [0.4, 0.5) is 0 Å². The van der Waals surface area contributed by atoms with E-state index in [-0.39, 0.29) is 18.7 Å². The lowest BCUT2D eigenvalue weighted by molar-refractivity contribution is -0.148. The maximum absolute atomic E-state index is 12.5. The average Bonchev–Trinajstić information content (AvgIpc) is 2.43. The first kappa shape index (κ1) is 17.7. The Labute approximate surface area is 163 Å². The summed E-state index contributed by atoms with van der Waals surface area (Å²) in [4.78, 5) is 24.1. The Morgan fingerprint density at radius 3 is 2.38 bits per heavy atom. The third-order valence-electron chi connectivity index (χ3n) is 3.35. The smallest absolute Gasteiger partial charge is 0.329 e. The molecule has 2 N–H and O–H groups in total. The van der Waals surface area contributed by atoms with Crippen LogP contribution in [-0.2, 0) is 9.53 Å². The van der Waals surface area contributed by atoms with E-state index in [1.807, 2.05) is 6.07 Å². The Morgan fingerprint density at radius 2 is 1.81 bits per heavy atom. The Hall–Kier alpha value is 0.310. The van der Waals surface area contributed by atoms with Crippen molar-refractivity contribution in [1.29, 1.82) is 0 Å². The van der Waals surface area contributed by atoms with E-state index in [4.69, 9.17) is 4.74 Å². The molecule has 2 rings (SSSR count). The zero-order valence-electron chi connectivity index (χ0n) is 10.8. The summed E-state index contributed by atoms with van der Waals surface area (Å²) in [6.07, 6.45) is 0.567. The lowest BCUT2D eigenvalue weighted by Crippen LogP contribution is -2.57. The molecule has 8 heteroatoms. The van der Waals surface area contributed by atoms with Gasteiger partial charge in [0.2, 0.25) is 0 Å². The van der Waals surface area contributed by atoms with Crippen molar-refractivity contribution >= 4 is 79.6 Å². The SMILES string of the molecule is O=C(NC1(C(=O)O)CCOCC1)c1cc(I)cc(I)c1I. The van der Waals surface area contributed by atoms with Crippen LogP contribution in [0.2, 0.25) is 0 Å². The summed E-state index contributed by atoms with van der Waals surface area (Å²) in [6.45, 7) is 0.682. The van der Waals surface area contributed by atoms with Crippen LogP contribution in [0.3, 0.4) is 0 Å². The molecule has 1 amide bonds. The average molecular weight is 627 g/mol. The van der Waals surface area contributed by atoms with Crippen LogP contribution in [0, 0.1) is 10.7 Å². The van der Waals surface area contributed by atoms with Gasteiger partial charge in [0.25, 0.3) is 5.91 Å². The van der Waals surface area contributed by atoms with Crippen LogP contribution < -0.4 is 5.32 Å². The molecule has 21 heavy (non-hydrogen) atoms. The van der Waals surface area contributed by atoms with Crippen molar-refractivity contribution in [2.45, 2.75) is 18.4 Å². The molecule has 0 unspecified atom stereocenters. The van der Waals surface area contributed by atoms with E-state index in [1.54, 1.807) is 6.07 Å². The van der Waals surface area contributed by atoms with E-state index >= 15 is 0 Å². The minimum Gasteiger partial charge on any atom is -0.480 e. The number of nitrogens with one attached hydrogen (secondary N) is 1. The standard InChI is InChI=1S/C13H12I3NO4/c14-7-5-8(10(16)9(15)6-7)11(18)17-13(12(19)20)1-3-21-4-2-13/h5-6H,1-4H2,(H,17,18)(H,19,20). The van der Waals surface area contributed by atoms with E-state index in [2.05, 4.69) is 73.1 Å². The number of amides is 1. The quantitative estimate of drug-likeness (QED) is 0.400. The monoisotopic (exact) mass is 627 g/mol. The fourth-order valence-electron chi connectivity index (χ4n) is 2.12. The van der Waals surface area contributed by atoms with Crippen molar-refractivity contribution in [3.63, 3.8) is 0 Å². The second-order valence-electron chi connectivity index (χ2n) is 4.70. The molecule has 1 aliphatic rings. The van der Waals surface area contributed by atoms with Crippen molar-refractivity contribution in [1.82, 2.24) is 5.32 Å². The summed E-state index contributed by atoms with van der Waals surface area (Å²) in [7, 11) is 0. The van der Waals surface area contributed by atoms with E-state index < -0.39 is 11.5 Å². The normalized spacial score (nSPS) is 17.3. The van der Waals surface area contributed by atoms with Crippen molar-refractivity contribution in [3.05, 3.63) is 28.4 Å². The Bertz CT molecular complexity index is 585. The molecule has 0 aromatic heterocycles. The lowest BCUT2D eigenvalue weighted by atomic mass is 9.89. The van der Waals surface area contributed by atoms with E-state index in [0.717, 1.165) is 10.7 Å². The fourth-order valence-corrected chi connectivity index (χ4v) is 4.52. The number of hydrogen-bond donors (Lipinski definition) is 2. The van der Waals surface area contributed by atoms with Crippen molar-refractivity contribution in [2.75, 3.05) is 13.2 Å². The topological polar surface area (TPSA) is 75.6 Å². The molecule has 1 heterocycles. The third kappa shape index (κ3) is 3.99. The maximum Gasteiger partial charge on any atom is 0.329 e. The molecule has 114 valence electrons. The first-order chi connectivity index (χ1) is 9.85. The number of carboxylic acid groups (broad SMARTS) is 1. The molecule has 1 fully saturated rings. The van der Waals surface area contributed by atoms with Gasteiger partial charge in [-0.2, -0.15) is 0 Å². The number of carbonyl (C=O) groups is 2. The van der Waals surface area contributed by atoms with Gasteiger partial charge < -0.3 is 15.2 Å². The van der Waals surface area contributed by atoms with Gasteiger partial charge in [0.15, 0.2) is 0 Å².